The van der Waals surface area contributed by atoms with E-state index < -0.39 is 0 Å². The van der Waals surface area contributed by atoms with Gasteiger partial charge in [-0.05, 0) is 31.1 Å². The van der Waals surface area contributed by atoms with E-state index in [9.17, 15) is 0 Å². The lowest BCUT2D eigenvalue weighted by Gasteiger charge is -2.28. The Morgan fingerprint density at radius 2 is 1.44 bits per heavy atom. The highest BCUT2D eigenvalue weighted by Crippen LogP contribution is 2.26. The van der Waals surface area contributed by atoms with Crippen LogP contribution in [0.4, 0.5) is 0 Å². The summed E-state index contributed by atoms with van der Waals surface area (Å²) in [7, 11) is 0. The minimum atomic E-state index is 0.490. The van der Waals surface area contributed by atoms with Crippen molar-refractivity contribution in [2.45, 2.75) is 39.2 Å². The fraction of sp³-hybridized carbons (Fsp3) is 1.00. The van der Waals surface area contributed by atoms with Gasteiger partial charge in [0.25, 0.3) is 0 Å². The molecule has 3 atom stereocenters. The zero-order chi connectivity index (χ0) is 6.85. The minimum absolute atomic E-state index is 0.490. The van der Waals surface area contributed by atoms with Crippen LogP contribution in [-0.2, 0) is 0 Å². The van der Waals surface area contributed by atoms with E-state index in [4.69, 9.17) is 5.73 Å². The molecule has 0 aromatic rings. The molecule has 1 fully saturated rings. The Bertz CT molecular complexity index is 65.5. The zero-order valence-electron chi connectivity index (χ0n) is 6.43. The predicted octanol–water partition coefficient (Wildman–Crippen LogP) is 1.77. The monoisotopic (exact) mass is 127 g/mol. The van der Waals surface area contributed by atoms with Gasteiger partial charge in [-0.1, -0.05) is 13.8 Å². The van der Waals surface area contributed by atoms with E-state index in [-0.39, 0.29) is 0 Å². The van der Waals surface area contributed by atoms with Gasteiger partial charge in [0.2, 0.25) is 0 Å². The summed E-state index contributed by atoms with van der Waals surface area (Å²) < 4.78 is 0. The second kappa shape index (κ2) is 2.70. The molecule has 1 saturated carbocycles. The first-order chi connectivity index (χ1) is 4.18. The molecule has 1 aliphatic rings. The highest BCUT2D eigenvalue weighted by atomic mass is 14.6. The summed E-state index contributed by atoms with van der Waals surface area (Å²) >= 11 is 0. The molecule has 9 heavy (non-hydrogen) atoms. The van der Waals surface area contributed by atoms with Crippen LogP contribution in [-0.4, -0.2) is 6.04 Å². The average Bonchev–Trinajstić information content (AvgIpc) is 1.59. The molecule has 1 nitrogen and oxygen atoms in total. The van der Waals surface area contributed by atoms with Crippen LogP contribution in [0, 0.1) is 11.8 Å². The van der Waals surface area contributed by atoms with Crippen LogP contribution in [0.3, 0.4) is 0 Å². The number of nitrogens with two attached hydrogens (primary N) is 1. The van der Waals surface area contributed by atoms with Gasteiger partial charge < -0.3 is 5.73 Å². The van der Waals surface area contributed by atoms with E-state index in [2.05, 4.69) is 13.8 Å². The van der Waals surface area contributed by atoms with Crippen molar-refractivity contribution in [1.29, 1.82) is 0 Å². The molecule has 54 valence electrons. The van der Waals surface area contributed by atoms with Gasteiger partial charge in [-0.25, -0.2) is 0 Å². The molecule has 2 N–H and O–H groups in total. The Kier molecular flexibility index (Phi) is 2.12. The van der Waals surface area contributed by atoms with Gasteiger partial charge in [-0.15, -0.1) is 0 Å². The Labute approximate surface area is 57.6 Å². The van der Waals surface area contributed by atoms with E-state index in [1.807, 2.05) is 0 Å². The molecule has 0 saturated heterocycles. The highest BCUT2D eigenvalue weighted by molar-refractivity contribution is 4.76. The number of hydrogen-bond acceptors (Lipinski definition) is 1. The highest BCUT2D eigenvalue weighted by Gasteiger charge is 2.20. The summed E-state index contributed by atoms with van der Waals surface area (Å²) in [5.41, 5.74) is 5.82. The van der Waals surface area contributed by atoms with Crippen molar-refractivity contribution in [3.05, 3.63) is 0 Å². The molecule has 0 radical (unpaired) electrons. The van der Waals surface area contributed by atoms with Crippen molar-refractivity contribution in [2.24, 2.45) is 17.6 Å². The third-order valence-electron chi connectivity index (χ3n) is 2.21. The molecular weight excluding hydrogens is 110 g/mol. The van der Waals surface area contributed by atoms with Gasteiger partial charge in [0.1, 0.15) is 0 Å². The summed E-state index contributed by atoms with van der Waals surface area (Å²) in [6, 6.07) is 0.490. The smallest absolute Gasteiger partial charge is 0.00439 e. The predicted molar refractivity (Wildman–Crippen MR) is 40.2 cm³/mol. The van der Waals surface area contributed by atoms with E-state index in [0.717, 1.165) is 11.8 Å². The molecule has 0 aliphatic heterocycles. The molecule has 0 spiro atoms. The molecule has 0 bridgehead atoms. The molecule has 0 unspecified atom stereocenters. The average molecular weight is 127 g/mol. The lowest BCUT2D eigenvalue weighted by Crippen LogP contribution is -2.30. The van der Waals surface area contributed by atoms with Gasteiger partial charge >= 0.3 is 0 Å². The molecule has 1 rings (SSSR count). The fourth-order valence-corrected chi connectivity index (χ4v) is 2.01. The molecule has 0 aromatic heterocycles. The van der Waals surface area contributed by atoms with Crippen molar-refractivity contribution >= 4 is 0 Å². The second-order valence-electron chi connectivity index (χ2n) is 3.68. The van der Waals surface area contributed by atoms with Crippen molar-refractivity contribution in [1.82, 2.24) is 0 Å². The van der Waals surface area contributed by atoms with Crippen LogP contribution < -0.4 is 5.73 Å². The van der Waals surface area contributed by atoms with Crippen molar-refractivity contribution in [3.63, 3.8) is 0 Å². The van der Waals surface area contributed by atoms with Crippen molar-refractivity contribution in [2.75, 3.05) is 0 Å². The topological polar surface area (TPSA) is 26.0 Å². The maximum atomic E-state index is 5.82. The Morgan fingerprint density at radius 3 is 1.78 bits per heavy atom. The van der Waals surface area contributed by atoms with Gasteiger partial charge in [0.05, 0.1) is 0 Å². The van der Waals surface area contributed by atoms with Crippen LogP contribution in [0.15, 0.2) is 0 Å². The van der Waals surface area contributed by atoms with E-state index >= 15 is 0 Å². The molecule has 0 amide bonds. The summed E-state index contributed by atoms with van der Waals surface area (Å²) in [6.07, 6.45) is 3.86. The van der Waals surface area contributed by atoms with Crippen LogP contribution in [0.1, 0.15) is 33.1 Å². The van der Waals surface area contributed by atoms with Gasteiger partial charge in [0, 0.05) is 6.04 Å². The number of rotatable bonds is 0. The molecule has 1 heteroatoms. The summed E-state index contributed by atoms with van der Waals surface area (Å²) in [4.78, 5) is 0. The van der Waals surface area contributed by atoms with Crippen LogP contribution in [0.5, 0.6) is 0 Å². The normalized spacial score (nSPS) is 45.0. The van der Waals surface area contributed by atoms with Crippen molar-refractivity contribution < 1.29 is 0 Å². The molecule has 0 aromatic carbocycles. The first-order valence-electron chi connectivity index (χ1n) is 3.94. The quantitative estimate of drug-likeness (QED) is 0.527. The lowest BCUT2D eigenvalue weighted by atomic mass is 9.81. The summed E-state index contributed by atoms with van der Waals surface area (Å²) in [6.45, 7) is 4.60. The maximum absolute atomic E-state index is 5.82. The first kappa shape index (κ1) is 7.07. The van der Waals surface area contributed by atoms with E-state index in [0.29, 0.717) is 6.04 Å². The third-order valence-corrected chi connectivity index (χ3v) is 2.21. The molecular formula is C8H17N. The van der Waals surface area contributed by atoms with E-state index in [1.54, 1.807) is 0 Å². The minimum Gasteiger partial charge on any atom is -0.328 e. The summed E-state index contributed by atoms with van der Waals surface area (Å²) in [5.74, 6) is 1.73. The lowest BCUT2D eigenvalue weighted by molar-refractivity contribution is 0.269. The van der Waals surface area contributed by atoms with Crippen LogP contribution >= 0.6 is 0 Å². The Hall–Kier alpha value is -0.0400. The van der Waals surface area contributed by atoms with E-state index in [1.165, 1.54) is 19.3 Å². The van der Waals surface area contributed by atoms with Crippen LogP contribution in [0.2, 0.25) is 0 Å². The number of hydrogen-bond donors (Lipinski definition) is 1. The van der Waals surface area contributed by atoms with Crippen LogP contribution in [0.25, 0.3) is 0 Å². The third kappa shape index (κ3) is 1.98. The maximum Gasteiger partial charge on any atom is 0.00439 e. The van der Waals surface area contributed by atoms with Crippen molar-refractivity contribution in [3.8, 4) is 0 Å². The largest absolute Gasteiger partial charge is 0.328 e. The summed E-state index contributed by atoms with van der Waals surface area (Å²) in [5, 5.41) is 0. The standard InChI is InChI=1S/C8H17N/c1-6-3-7(2)5-8(9)4-6/h6-8H,3-5,9H2,1-2H3/t6-,7+,8-. The molecule has 0 heterocycles. The van der Waals surface area contributed by atoms with Gasteiger partial charge in [-0.2, -0.15) is 0 Å². The SMILES string of the molecule is C[C@@H]1C[C@H](C)C[C@H](N)C1. The Balaban J connectivity index is 2.34. The second-order valence-corrected chi connectivity index (χ2v) is 3.68. The molecule has 1 aliphatic carbocycles. The first-order valence-corrected chi connectivity index (χ1v) is 3.94. The fourth-order valence-electron chi connectivity index (χ4n) is 2.01. The zero-order valence-corrected chi connectivity index (χ0v) is 6.43. The Morgan fingerprint density at radius 1 is 1.00 bits per heavy atom. The van der Waals surface area contributed by atoms with Gasteiger partial charge in [0.15, 0.2) is 0 Å². The van der Waals surface area contributed by atoms with Gasteiger partial charge in [-0.3, -0.25) is 0 Å².